The molecular formula is C16H20N4O5. The van der Waals surface area contributed by atoms with Crippen molar-refractivity contribution in [2.45, 2.75) is 37.6 Å². The zero-order chi connectivity index (χ0) is 18.0. The molecule has 2 N–H and O–H groups in total. The Hall–Kier alpha value is -2.84. The number of esters is 1. The first-order valence-electron chi connectivity index (χ1n) is 8.18. The van der Waals surface area contributed by atoms with Crippen LogP contribution in [0, 0.1) is 0 Å². The van der Waals surface area contributed by atoms with Crippen LogP contribution in [0.2, 0.25) is 0 Å². The lowest BCUT2D eigenvalue weighted by atomic mass is 9.82. The molecule has 25 heavy (non-hydrogen) atoms. The van der Waals surface area contributed by atoms with E-state index in [4.69, 9.17) is 4.74 Å². The summed E-state index contributed by atoms with van der Waals surface area (Å²) < 4.78 is 6.47. The van der Waals surface area contributed by atoms with Crippen molar-refractivity contribution in [2.24, 2.45) is 7.05 Å². The summed E-state index contributed by atoms with van der Waals surface area (Å²) in [6.45, 7) is -0.589. The fraction of sp³-hybridized carbons (Fsp3) is 0.500. The highest BCUT2D eigenvalue weighted by Crippen LogP contribution is 2.32. The van der Waals surface area contributed by atoms with Gasteiger partial charge in [0.25, 0.3) is 11.8 Å². The molecule has 1 aliphatic carbocycles. The van der Waals surface area contributed by atoms with Gasteiger partial charge in [-0.3, -0.25) is 15.0 Å². The van der Waals surface area contributed by atoms with Crippen molar-refractivity contribution in [1.29, 1.82) is 0 Å². The summed E-state index contributed by atoms with van der Waals surface area (Å²) in [6, 6.07) is 2.58. The second kappa shape index (κ2) is 6.58. The fourth-order valence-electron chi connectivity index (χ4n) is 3.25. The van der Waals surface area contributed by atoms with Crippen LogP contribution < -0.4 is 10.7 Å². The predicted octanol–water partition coefficient (Wildman–Crippen LogP) is 0.468. The lowest BCUT2D eigenvalue weighted by molar-refractivity contribution is -0.140. The first-order chi connectivity index (χ1) is 11.9. The normalized spacial score (nSPS) is 19.0. The van der Waals surface area contributed by atoms with Crippen molar-refractivity contribution in [3.05, 3.63) is 24.0 Å². The molecule has 0 aromatic carbocycles. The van der Waals surface area contributed by atoms with E-state index in [1.54, 1.807) is 29.9 Å². The molecule has 0 unspecified atom stereocenters. The predicted molar refractivity (Wildman–Crippen MR) is 85.0 cm³/mol. The van der Waals surface area contributed by atoms with Gasteiger partial charge in [-0.05, 0) is 25.0 Å². The maximum Gasteiger partial charge on any atom is 0.355 e. The summed E-state index contributed by atoms with van der Waals surface area (Å²) in [6.07, 6.45) is 5.52. The van der Waals surface area contributed by atoms with Crippen molar-refractivity contribution in [3.63, 3.8) is 0 Å². The highest BCUT2D eigenvalue weighted by molar-refractivity contribution is 6.08. The van der Waals surface area contributed by atoms with Crippen LogP contribution in [0.25, 0.3) is 0 Å². The number of hydrogen-bond acceptors (Lipinski definition) is 5. The van der Waals surface area contributed by atoms with E-state index >= 15 is 0 Å². The Morgan fingerprint density at radius 1 is 1.28 bits per heavy atom. The molecule has 3 rings (SSSR count). The van der Waals surface area contributed by atoms with E-state index in [-0.39, 0.29) is 0 Å². The molecule has 9 nitrogen and oxygen atoms in total. The number of hydrazine groups is 1. The van der Waals surface area contributed by atoms with E-state index in [2.05, 4.69) is 10.7 Å². The second-order valence-corrected chi connectivity index (χ2v) is 6.33. The number of carbonyl (C=O) groups is 4. The van der Waals surface area contributed by atoms with E-state index in [9.17, 15) is 19.2 Å². The second-order valence-electron chi connectivity index (χ2n) is 6.33. The molecule has 1 spiro atoms. The molecule has 1 aromatic heterocycles. The molecular weight excluding hydrogens is 328 g/mol. The molecule has 0 radical (unpaired) electrons. The van der Waals surface area contributed by atoms with Crippen molar-refractivity contribution in [3.8, 4) is 0 Å². The van der Waals surface area contributed by atoms with E-state index in [1.165, 1.54) is 0 Å². The van der Waals surface area contributed by atoms with Gasteiger partial charge in [-0.25, -0.2) is 9.59 Å². The smallest absolute Gasteiger partial charge is 0.355 e. The Morgan fingerprint density at radius 3 is 2.64 bits per heavy atom. The third-order valence-corrected chi connectivity index (χ3v) is 4.59. The zero-order valence-electron chi connectivity index (χ0n) is 13.9. The van der Waals surface area contributed by atoms with E-state index in [1.807, 2.05) is 0 Å². The molecule has 0 atom stereocenters. The number of imide groups is 1. The van der Waals surface area contributed by atoms with Crippen molar-refractivity contribution in [2.75, 3.05) is 6.61 Å². The van der Waals surface area contributed by atoms with Crippen molar-refractivity contribution in [1.82, 2.24) is 20.3 Å². The van der Waals surface area contributed by atoms with Crippen molar-refractivity contribution < 1.29 is 23.9 Å². The van der Waals surface area contributed by atoms with E-state index in [0.717, 1.165) is 19.3 Å². The number of nitrogens with zero attached hydrogens (tertiary/aromatic N) is 2. The van der Waals surface area contributed by atoms with Gasteiger partial charge in [0.2, 0.25) is 0 Å². The Kier molecular flexibility index (Phi) is 4.47. The van der Waals surface area contributed by atoms with Crippen molar-refractivity contribution >= 4 is 23.8 Å². The Bertz CT molecular complexity index is 720. The molecule has 1 saturated carbocycles. The minimum absolute atomic E-state index is 0.295. The average Bonchev–Trinajstić information content (AvgIpc) is 3.11. The summed E-state index contributed by atoms with van der Waals surface area (Å²) in [7, 11) is 1.67. The Balaban J connectivity index is 1.56. The van der Waals surface area contributed by atoms with E-state index < -0.39 is 36.0 Å². The lowest BCUT2D eigenvalue weighted by Crippen LogP contribution is -2.51. The van der Waals surface area contributed by atoms with Gasteiger partial charge in [-0.1, -0.05) is 19.3 Å². The van der Waals surface area contributed by atoms with Crippen LogP contribution in [0.4, 0.5) is 4.79 Å². The molecule has 134 valence electrons. The third kappa shape index (κ3) is 3.21. The van der Waals surface area contributed by atoms with Crippen LogP contribution in [-0.2, 0) is 21.4 Å². The van der Waals surface area contributed by atoms with Gasteiger partial charge in [-0.15, -0.1) is 0 Å². The summed E-state index contributed by atoms with van der Waals surface area (Å²) in [5, 5.41) is 3.37. The molecule has 2 aliphatic rings. The number of rotatable bonds is 4. The van der Waals surface area contributed by atoms with Crippen LogP contribution in [0.3, 0.4) is 0 Å². The quantitative estimate of drug-likeness (QED) is 0.607. The fourth-order valence-corrected chi connectivity index (χ4v) is 3.25. The maximum atomic E-state index is 12.5. The van der Waals surface area contributed by atoms with Crippen LogP contribution >= 0.6 is 0 Å². The van der Waals surface area contributed by atoms with Gasteiger partial charge in [0.05, 0.1) is 0 Å². The SMILES string of the molecule is Cn1cccc1C(=O)OCC(=O)NN1C(=O)NC2(CCCCC2)C1=O. The maximum absolute atomic E-state index is 12.5. The number of nitrogens with one attached hydrogen (secondary N) is 2. The Morgan fingerprint density at radius 2 is 2.00 bits per heavy atom. The number of amides is 4. The largest absolute Gasteiger partial charge is 0.451 e. The highest BCUT2D eigenvalue weighted by atomic mass is 16.5. The standard InChI is InChI=1S/C16H20N4O5/c1-19-9-5-6-11(19)13(22)25-10-12(21)18-20-14(23)16(17-15(20)24)7-3-2-4-8-16/h5-6,9H,2-4,7-8,10H2,1H3,(H,17,24)(H,18,21). The first-order valence-corrected chi connectivity index (χ1v) is 8.18. The number of hydrogen-bond donors (Lipinski definition) is 2. The first kappa shape index (κ1) is 17.0. The topological polar surface area (TPSA) is 110 Å². The summed E-state index contributed by atoms with van der Waals surface area (Å²) in [4.78, 5) is 48.4. The molecule has 9 heteroatoms. The number of aromatic nitrogens is 1. The Labute approximate surface area is 144 Å². The van der Waals surface area contributed by atoms with Gasteiger partial charge < -0.3 is 14.6 Å². The minimum atomic E-state index is -0.914. The molecule has 4 amide bonds. The van der Waals surface area contributed by atoms with Gasteiger partial charge in [0.15, 0.2) is 6.61 Å². The van der Waals surface area contributed by atoms with E-state index in [0.29, 0.717) is 23.5 Å². The number of ether oxygens (including phenoxy) is 1. The summed E-state index contributed by atoms with van der Waals surface area (Å²) >= 11 is 0. The van der Waals surface area contributed by atoms with Gasteiger partial charge in [0, 0.05) is 13.2 Å². The third-order valence-electron chi connectivity index (χ3n) is 4.59. The summed E-state index contributed by atoms with van der Waals surface area (Å²) in [5.74, 6) is -1.87. The molecule has 2 heterocycles. The van der Waals surface area contributed by atoms with Crippen LogP contribution in [-0.4, -0.2) is 45.5 Å². The molecule has 1 aliphatic heterocycles. The van der Waals surface area contributed by atoms with Crippen LogP contribution in [0.1, 0.15) is 42.6 Å². The van der Waals surface area contributed by atoms with Crippen LogP contribution in [0.5, 0.6) is 0 Å². The molecule has 2 fully saturated rings. The molecule has 0 bridgehead atoms. The monoisotopic (exact) mass is 348 g/mol. The zero-order valence-corrected chi connectivity index (χ0v) is 13.9. The number of aryl methyl sites for hydroxylation is 1. The van der Waals surface area contributed by atoms with Crippen LogP contribution in [0.15, 0.2) is 18.3 Å². The van der Waals surface area contributed by atoms with Gasteiger partial charge in [0.1, 0.15) is 11.2 Å². The number of urea groups is 1. The molecule has 1 saturated heterocycles. The molecule has 1 aromatic rings. The average molecular weight is 348 g/mol. The van der Waals surface area contributed by atoms with Gasteiger partial charge in [-0.2, -0.15) is 5.01 Å². The van der Waals surface area contributed by atoms with Gasteiger partial charge >= 0.3 is 12.0 Å². The number of carbonyl (C=O) groups excluding carboxylic acids is 4. The minimum Gasteiger partial charge on any atom is -0.451 e. The summed E-state index contributed by atoms with van der Waals surface area (Å²) in [5.41, 5.74) is 1.60. The highest BCUT2D eigenvalue weighted by Gasteiger charge is 2.52. The lowest BCUT2D eigenvalue weighted by Gasteiger charge is -2.30.